The van der Waals surface area contributed by atoms with Crippen molar-refractivity contribution < 1.29 is 24.3 Å². The van der Waals surface area contributed by atoms with Crippen molar-refractivity contribution >= 4 is 29.1 Å². The molecule has 2 aliphatic heterocycles. The van der Waals surface area contributed by atoms with E-state index >= 15 is 0 Å². The van der Waals surface area contributed by atoms with Crippen LogP contribution in [0.5, 0.6) is 0 Å². The molecule has 2 fully saturated rings. The summed E-state index contributed by atoms with van der Waals surface area (Å²) in [7, 11) is 0. The molecule has 0 aromatic heterocycles. The summed E-state index contributed by atoms with van der Waals surface area (Å²) in [5, 5.41) is 9.29. The third kappa shape index (κ3) is 3.76. The summed E-state index contributed by atoms with van der Waals surface area (Å²) in [6, 6.07) is 8.06. The lowest BCUT2D eigenvalue weighted by molar-refractivity contribution is -0.141. The molecule has 7 heteroatoms. The maximum atomic E-state index is 12.4. The van der Waals surface area contributed by atoms with Crippen LogP contribution in [0.4, 0.5) is 5.69 Å². The lowest BCUT2D eigenvalue weighted by atomic mass is 9.78. The molecule has 2 heterocycles. The van der Waals surface area contributed by atoms with Gasteiger partial charge >= 0.3 is 5.97 Å². The Morgan fingerprint density at radius 1 is 1.07 bits per heavy atom. The van der Waals surface area contributed by atoms with Crippen LogP contribution in [0.25, 0.3) is 0 Å². The highest BCUT2D eigenvalue weighted by Gasteiger charge is 2.40. The first kappa shape index (κ1) is 20.3. The number of hydrogen-bond donors (Lipinski definition) is 1. The van der Waals surface area contributed by atoms with Gasteiger partial charge in [-0.25, -0.2) is 4.79 Å². The van der Waals surface area contributed by atoms with Crippen LogP contribution in [0.2, 0.25) is 0 Å². The number of benzene rings is 1. The van der Waals surface area contributed by atoms with Crippen LogP contribution in [0.3, 0.4) is 0 Å². The molecule has 7 nitrogen and oxygen atoms in total. The number of amides is 1. The van der Waals surface area contributed by atoms with Crippen molar-refractivity contribution in [2.45, 2.75) is 50.4 Å². The number of anilines is 1. The van der Waals surface area contributed by atoms with E-state index < -0.39 is 23.1 Å². The Hall–Kier alpha value is -2.96. The van der Waals surface area contributed by atoms with Crippen LogP contribution in [0, 0.1) is 0 Å². The van der Waals surface area contributed by atoms with Crippen LogP contribution < -0.4 is 4.90 Å². The fourth-order valence-corrected chi connectivity index (χ4v) is 5.01. The Balaban J connectivity index is 1.65. The SMILES string of the molecule is O=C(O)C1=CN(CC2(c3cccc(N4CCCCC4=O)c3)CCCC2)CC(=O)C1=O. The summed E-state index contributed by atoms with van der Waals surface area (Å²) in [6.45, 7) is 1.10. The van der Waals surface area contributed by atoms with E-state index in [1.165, 1.54) is 6.20 Å². The number of Topliss-reactive ketones (excluding diaryl/α,β-unsaturated/α-hetero) is 2. The van der Waals surface area contributed by atoms with Crippen molar-refractivity contribution in [3.05, 3.63) is 41.6 Å². The number of ketones is 2. The number of carboxylic acid groups (broad SMARTS) is 1. The second-order valence-electron chi connectivity index (χ2n) is 8.55. The topological polar surface area (TPSA) is 95.0 Å². The minimum absolute atomic E-state index is 0.0956. The van der Waals surface area contributed by atoms with Crippen molar-refractivity contribution in [2.75, 3.05) is 24.5 Å². The van der Waals surface area contributed by atoms with E-state index in [0.29, 0.717) is 13.0 Å². The predicted octanol–water partition coefficient (Wildman–Crippen LogP) is 2.44. The van der Waals surface area contributed by atoms with Crippen molar-refractivity contribution in [2.24, 2.45) is 0 Å². The molecular formula is C23H26N2O5. The molecule has 0 bridgehead atoms. The minimum Gasteiger partial charge on any atom is -0.477 e. The summed E-state index contributed by atoms with van der Waals surface area (Å²) < 4.78 is 0. The van der Waals surface area contributed by atoms with E-state index in [0.717, 1.165) is 56.3 Å². The normalized spacial score (nSPS) is 21.7. The van der Waals surface area contributed by atoms with E-state index in [-0.39, 0.29) is 17.9 Å². The first-order chi connectivity index (χ1) is 14.4. The molecule has 3 aliphatic rings. The van der Waals surface area contributed by atoms with E-state index in [1.54, 1.807) is 4.90 Å². The summed E-state index contributed by atoms with van der Waals surface area (Å²) in [5.41, 5.74) is 1.29. The Morgan fingerprint density at radius 3 is 2.53 bits per heavy atom. The fraction of sp³-hybridized carbons (Fsp3) is 0.478. The van der Waals surface area contributed by atoms with Crippen LogP contribution >= 0.6 is 0 Å². The van der Waals surface area contributed by atoms with Crippen molar-refractivity contribution in [1.29, 1.82) is 0 Å². The highest BCUT2D eigenvalue weighted by Crippen LogP contribution is 2.43. The van der Waals surface area contributed by atoms with Gasteiger partial charge in [0.25, 0.3) is 0 Å². The molecule has 0 spiro atoms. The molecular weight excluding hydrogens is 384 g/mol. The number of carbonyl (C=O) groups excluding carboxylic acids is 3. The van der Waals surface area contributed by atoms with Crippen molar-refractivity contribution in [3.63, 3.8) is 0 Å². The Labute approximate surface area is 175 Å². The zero-order chi connectivity index (χ0) is 21.3. The summed E-state index contributed by atoms with van der Waals surface area (Å²) >= 11 is 0. The van der Waals surface area contributed by atoms with Gasteiger partial charge in [-0.15, -0.1) is 0 Å². The summed E-state index contributed by atoms with van der Waals surface area (Å²) in [6.07, 6.45) is 7.74. The van der Waals surface area contributed by atoms with Gasteiger partial charge in [-0.2, -0.15) is 0 Å². The second kappa shape index (κ2) is 8.05. The summed E-state index contributed by atoms with van der Waals surface area (Å²) in [5.74, 6) is -2.84. The minimum atomic E-state index is -1.37. The quantitative estimate of drug-likeness (QED) is 0.592. The monoisotopic (exact) mass is 410 g/mol. The maximum absolute atomic E-state index is 12.4. The van der Waals surface area contributed by atoms with Gasteiger partial charge < -0.3 is 14.9 Å². The lowest BCUT2D eigenvalue weighted by Crippen LogP contribution is -2.44. The third-order valence-electron chi connectivity index (χ3n) is 6.55. The Kier molecular flexibility index (Phi) is 5.45. The first-order valence-corrected chi connectivity index (χ1v) is 10.6. The third-order valence-corrected chi connectivity index (χ3v) is 6.55. The van der Waals surface area contributed by atoms with Crippen molar-refractivity contribution in [1.82, 2.24) is 4.90 Å². The van der Waals surface area contributed by atoms with Crippen LogP contribution in [0.1, 0.15) is 50.5 Å². The standard InChI is InChI=1S/C23H26N2O5/c26-19-14-24(13-18(21(19)28)22(29)30)15-23(9-2-3-10-23)16-6-5-7-17(12-16)25-11-4-1-8-20(25)27/h5-7,12-13H,1-4,8-11,14-15H2,(H,29,30). The lowest BCUT2D eigenvalue weighted by Gasteiger charge is -2.37. The van der Waals surface area contributed by atoms with Crippen LogP contribution in [-0.4, -0.2) is 53.1 Å². The molecule has 1 saturated heterocycles. The van der Waals surface area contributed by atoms with E-state index in [1.807, 2.05) is 17.0 Å². The van der Waals surface area contributed by atoms with E-state index in [9.17, 15) is 24.3 Å². The van der Waals surface area contributed by atoms with E-state index in [2.05, 4.69) is 12.1 Å². The van der Waals surface area contributed by atoms with Gasteiger partial charge in [-0.05, 0) is 43.4 Å². The molecule has 158 valence electrons. The molecule has 1 aliphatic carbocycles. The number of rotatable bonds is 5. The maximum Gasteiger partial charge on any atom is 0.341 e. The average Bonchev–Trinajstić information content (AvgIpc) is 3.20. The number of carbonyl (C=O) groups is 4. The Morgan fingerprint density at radius 2 is 1.83 bits per heavy atom. The number of piperidine rings is 1. The highest BCUT2D eigenvalue weighted by molar-refractivity contribution is 6.50. The molecule has 30 heavy (non-hydrogen) atoms. The number of hydrogen-bond acceptors (Lipinski definition) is 5. The first-order valence-electron chi connectivity index (χ1n) is 10.6. The summed E-state index contributed by atoms with van der Waals surface area (Å²) in [4.78, 5) is 51.3. The van der Waals surface area contributed by atoms with Gasteiger partial charge in [-0.1, -0.05) is 25.0 Å². The van der Waals surface area contributed by atoms with Gasteiger partial charge in [0.2, 0.25) is 17.5 Å². The van der Waals surface area contributed by atoms with Gasteiger partial charge in [0.05, 0.1) is 6.54 Å². The number of nitrogens with zero attached hydrogens (tertiary/aromatic N) is 2. The molecule has 0 atom stereocenters. The molecule has 0 unspecified atom stereocenters. The molecule has 0 radical (unpaired) electrons. The van der Waals surface area contributed by atoms with Gasteiger partial charge in [-0.3, -0.25) is 14.4 Å². The van der Waals surface area contributed by atoms with Crippen LogP contribution in [0.15, 0.2) is 36.0 Å². The van der Waals surface area contributed by atoms with E-state index in [4.69, 9.17) is 0 Å². The number of aliphatic carboxylic acids is 1. The Bertz CT molecular complexity index is 929. The number of carboxylic acids is 1. The second-order valence-corrected chi connectivity index (χ2v) is 8.55. The predicted molar refractivity (Wildman–Crippen MR) is 110 cm³/mol. The zero-order valence-corrected chi connectivity index (χ0v) is 16.9. The smallest absolute Gasteiger partial charge is 0.341 e. The average molecular weight is 410 g/mol. The fourth-order valence-electron chi connectivity index (χ4n) is 5.01. The van der Waals surface area contributed by atoms with Gasteiger partial charge in [0, 0.05) is 36.8 Å². The van der Waals surface area contributed by atoms with Gasteiger partial charge in [0.1, 0.15) is 5.57 Å². The van der Waals surface area contributed by atoms with Gasteiger partial charge in [0.15, 0.2) is 0 Å². The van der Waals surface area contributed by atoms with Crippen LogP contribution in [-0.2, 0) is 24.6 Å². The molecule has 1 amide bonds. The molecule has 1 saturated carbocycles. The molecule has 1 N–H and O–H groups in total. The van der Waals surface area contributed by atoms with Crippen molar-refractivity contribution in [3.8, 4) is 0 Å². The molecule has 1 aromatic carbocycles. The highest BCUT2D eigenvalue weighted by atomic mass is 16.4. The largest absolute Gasteiger partial charge is 0.477 e. The zero-order valence-electron chi connectivity index (χ0n) is 16.9. The molecule has 1 aromatic rings. The molecule has 4 rings (SSSR count).